The van der Waals surface area contributed by atoms with Crippen LogP contribution >= 0.6 is 23.2 Å². The van der Waals surface area contributed by atoms with Crippen LogP contribution in [-0.4, -0.2) is 20.4 Å². The number of rotatable bonds is 4. The molecule has 2 rings (SSSR count). The molecular formula is C13H17Cl2N3. The van der Waals surface area contributed by atoms with Gasteiger partial charge in [-0.05, 0) is 18.9 Å². The number of aromatic nitrogens is 3. The minimum Gasteiger partial charge on any atom is -0.310 e. The first-order chi connectivity index (χ1) is 8.54. The fourth-order valence-corrected chi connectivity index (χ4v) is 2.31. The van der Waals surface area contributed by atoms with Gasteiger partial charge in [0.05, 0.1) is 5.02 Å². The van der Waals surface area contributed by atoms with Crippen molar-refractivity contribution in [2.24, 2.45) is 5.92 Å². The lowest BCUT2D eigenvalue weighted by atomic mass is 10.1. The molecule has 2 heterocycles. The SMILES string of the molecule is CC(C)C(C)n1c(CCCl)nc2cc(Cl)cnc21. The highest BCUT2D eigenvalue weighted by molar-refractivity contribution is 6.31. The Bertz CT molecular complexity index is 548. The number of fused-ring (bicyclic) bond motifs is 1. The number of alkyl halides is 1. The normalized spacial score (nSPS) is 13.4. The summed E-state index contributed by atoms with van der Waals surface area (Å²) in [5.41, 5.74) is 1.73. The summed E-state index contributed by atoms with van der Waals surface area (Å²) in [5, 5.41) is 0.613. The van der Waals surface area contributed by atoms with Gasteiger partial charge in [0, 0.05) is 24.5 Å². The quantitative estimate of drug-likeness (QED) is 0.793. The van der Waals surface area contributed by atoms with E-state index in [1.165, 1.54) is 0 Å². The van der Waals surface area contributed by atoms with E-state index >= 15 is 0 Å². The standard InChI is InChI=1S/C13H17Cl2N3/c1-8(2)9(3)18-12(4-5-14)17-11-6-10(15)7-16-13(11)18/h6-9H,4-5H2,1-3H3. The van der Waals surface area contributed by atoms with Crippen LogP contribution in [-0.2, 0) is 6.42 Å². The number of hydrogen-bond acceptors (Lipinski definition) is 2. The average molecular weight is 286 g/mol. The van der Waals surface area contributed by atoms with Gasteiger partial charge in [-0.2, -0.15) is 0 Å². The molecule has 0 aliphatic rings. The second-order valence-electron chi connectivity index (χ2n) is 4.82. The Balaban J connectivity index is 2.62. The van der Waals surface area contributed by atoms with Gasteiger partial charge in [0.25, 0.3) is 0 Å². The van der Waals surface area contributed by atoms with Crippen LogP contribution in [0.3, 0.4) is 0 Å². The summed E-state index contributed by atoms with van der Waals surface area (Å²) >= 11 is 11.8. The molecule has 98 valence electrons. The molecule has 0 fully saturated rings. The van der Waals surface area contributed by atoms with E-state index in [-0.39, 0.29) is 0 Å². The van der Waals surface area contributed by atoms with Crippen molar-refractivity contribution >= 4 is 34.4 Å². The van der Waals surface area contributed by atoms with Gasteiger partial charge in [-0.3, -0.25) is 0 Å². The Hall–Kier alpha value is -0.800. The number of hydrogen-bond donors (Lipinski definition) is 0. The maximum absolute atomic E-state index is 5.96. The number of halogens is 2. The van der Waals surface area contributed by atoms with Crippen LogP contribution in [0.25, 0.3) is 11.2 Å². The van der Waals surface area contributed by atoms with Crippen LogP contribution in [0.1, 0.15) is 32.6 Å². The maximum atomic E-state index is 5.96. The molecule has 0 aliphatic carbocycles. The summed E-state index contributed by atoms with van der Waals surface area (Å²) in [5.74, 6) is 2.05. The third-order valence-electron chi connectivity index (χ3n) is 3.26. The van der Waals surface area contributed by atoms with Gasteiger partial charge in [0.15, 0.2) is 5.65 Å². The van der Waals surface area contributed by atoms with Gasteiger partial charge in [-0.25, -0.2) is 9.97 Å². The lowest BCUT2D eigenvalue weighted by molar-refractivity contribution is 0.405. The van der Waals surface area contributed by atoms with E-state index in [1.54, 1.807) is 6.20 Å². The first kappa shape index (κ1) is 13.6. The third kappa shape index (κ3) is 2.47. The molecule has 2 aromatic heterocycles. The first-order valence-electron chi connectivity index (χ1n) is 6.13. The zero-order valence-corrected chi connectivity index (χ0v) is 12.3. The van der Waals surface area contributed by atoms with Gasteiger partial charge < -0.3 is 4.57 Å². The van der Waals surface area contributed by atoms with Gasteiger partial charge >= 0.3 is 0 Å². The Morgan fingerprint density at radius 1 is 1.33 bits per heavy atom. The summed E-state index contributed by atoms with van der Waals surface area (Å²) in [6.45, 7) is 6.56. The Morgan fingerprint density at radius 2 is 2.06 bits per heavy atom. The molecule has 0 radical (unpaired) electrons. The molecular weight excluding hydrogens is 269 g/mol. The van der Waals surface area contributed by atoms with Crippen molar-refractivity contribution in [3.8, 4) is 0 Å². The molecule has 1 unspecified atom stereocenters. The predicted octanol–water partition coefficient (Wildman–Crippen LogP) is 4.08. The second kappa shape index (κ2) is 5.45. The van der Waals surface area contributed by atoms with E-state index in [0.29, 0.717) is 22.9 Å². The van der Waals surface area contributed by atoms with Crippen LogP contribution < -0.4 is 0 Å². The van der Waals surface area contributed by atoms with E-state index in [0.717, 1.165) is 23.4 Å². The highest BCUT2D eigenvalue weighted by atomic mass is 35.5. The van der Waals surface area contributed by atoms with Crippen LogP contribution in [0, 0.1) is 5.92 Å². The van der Waals surface area contributed by atoms with Crippen molar-refractivity contribution in [1.29, 1.82) is 0 Å². The van der Waals surface area contributed by atoms with Gasteiger partial charge in [-0.1, -0.05) is 25.4 Å². The van der Waals surface area contributed by atoms with E-state index in [2.05, 4.69) is 35.3 Å². The lowest BCUT2D eigenvalue weighted by Crippen LogP contribution is -2.15. The van der Waals surface area contributed by atoms with E-state index < -0.39 is 0 Å². The second-order valence-corrected chi connectivity index (χ2v) is 5.63. The van der Waals surface area contributed by atoms with Gasteiger partial charge in [-0.15, -0.1) is 11.6 Å². The fraction of sp³-hybridized carbons (Fsp3) is 0.538. The molecule has 0 spiro atoms. The van der Waals surface area contributed by atoms with Crippen molar-refractivity contribution in [3.05, 3.63) is 23.1 Å². The fourth-order valence-electron chi connectivity index (χ4n) is 1.99. The topological polar surface area (TPSA) is 30.7 Å². The molecule has 18 heavy (non-hydrogen) atoms. The highest BCUT2D eigenvalue weighted by Gasteiger charge is 2.18. The zero-order chi connectivity index (χ0) is 13.3. The maximum Gasteiger partial charge on any atom is 0.160 e. The monoisotopic (exact) mass is 285 g/mol. The molecule has 5 heteroatoms. The van der Waals surface area contributed by atoms with Gasteiger partial charge in [0.2, 0.25) is 0 Å². The Kier molecular flexibility index (Phi) is 4.13. The molecule has 0 aromatic carbocycles. The smallest absolute Gasteiger partial charge is 0.160 e. The molecule has 0 N–H and O–H groups in total. The van der Waals surface area contributed by atoms with Gasteiger partial charge in [0.1, 0.15) is 11.3 Å². The average Bonchev–Trinajstić information content (AvgIpc) is 2.65. The highest BCUT2D eigenvalue weighted by Crippen LogP contribution is 2.26. The van der Waals surface area contributed by atoms with Crippen LogP contribution in [0.15, 0.2) is 12.3 Å². The number of nitrogens with zero attached hydrogens (tertiary/aromatic N) is 3. The summed E-state index contributed by atoms with van der Waals surface area (Å²) in [6.07, 6.45) is 2.41. The van der Waals surface area contributed by atoms with Crippen LogP contribution in [0.2, 0.25) is 5.02 Å². The van der Waals surface area contributed by atoms with Crippen molar-refractivity contribution in [1.82, 2.24) is 14.5 Å². The number of imidazole rings is 1. The van der Waals surface area contributed by atoms with Crippen molar-refractivity contribution < 1.29 is 0 Å². The Labute approximate surface area is 117 Å². The lowest BCUT2D eigenvalue weighted by Gasteiger charge is -2.20. The molecule has 3 nitrogen and oxygen atoms in total. The van der Waals surface area contributed by atoms with Crippen molar-refractivity contribution in [3.63, 3.8) is 0 Å². The minimum absolute atomic E-state index is 0.335. The first-order valence-corrected chi connectivity index (χ1v) is 7.04. The zero-order valence-electron chi connectivity index (χ0n) is 10.8. The summed E-state index contributed by atoms with van der Waals surface area (Å²) in [6, 6.07) is 2.19. The number of pyridine rings is 1. The predicted molar refractivity (Wildman–Crippen MR) is 76.5 cm³/mol. The van der Waals surface area contributed by atoms with Crippen LogP contribution in [0.4, 0.5) is 0 Å². The van der Waals surface area contributed by atoms with Crippen LogP contribution in [0.5, 0.6) is 0 Å². The van der Waals surface area contributed by atoms with Crippen molar-refractivity contribution in [2.75, 3.05) is 5.88 Å². The largest absolute Gasteiger partial charge is 0.310 e. The molecule has 0 saturated heterocycles. The molecule has 0 aliphatic heterocycles. The molecule has 0 amide bonds. The molecule has 1 atom stereocenters. The summed E-state index contributed by atoms with van der Waals surface area (Å²) in [7, 11) is 0. The third-order valence-corrected chi connectivity index (χ3v) is 3.66. The summed E-state index contributed by atoms with van der Waals surface area (Å²) < 4.78 is 2.18. The Morgan fingerprint density at radius 3 is 2.67 bits per heavy atom. The molecule has 2 aromatic rings. The molecule has 0 bridgehead atoms. The van der Waals surface area contributed by atoms with E-state index in [9.17, 15) is 0 Å². The minimum atomic E-state index is 0.335. The summed E-state index contributed by atoms with van der Waals surface area (Å²) in [4.78, 5) is 9.01. The van der Waals surface area contributed by atoms with E-state index in [1.807, 2.05) is 6.07 Å². The van der Waals surface area contributed by atoms with E-state index in [4.69, 9.17) is 23.2 Å². The molecule has 0 saturated carbocycles. The van der Waals surface area contributed by atoms with Crippen molar-refractivity contribution in [2.45, 2.75) is 33.2 Å². The number of aryl methyl sites for hydroxylation is 1.